The van der Waals surface area contributed by atoms with Crippen molar-refractivity contribution in [2.75, 3.05) is 10.6 Å². The van der Waals surface area contributed by atoms with Crippen molar-refractivity contribution in [3.05, 3.63) is 53.6 Å². The summed E-state index contributed by atoms with van der Waals surface area (Å²) in [4.78, 5) is 26.1. The van der Waals surface area contributed by atoms with Crippen LogP contribution in [0, 0.1) is 19.8 Å². The van der Waals surface area contributed by atoms with Crippen molar-refractivity contribution in [1.82, 2.24) is 0 Å². The zero-order chi connectivity index (χ0) is 20.8. The number of nitrogens with one attached hydrogen (secondary N) is 2. The summed E-state index contributed by atoms with van der Waals surface area (Å²) < 4.78 is 0. The number of hydrogen-bond acceptors (Lipinski definition) is 3. The van der Waals surface area contributed by atoms with Crippen molar-refractivity contribution in [1.29, 1.82) is 0 Å². The number of rotatable bonds is 6. The fraction of sp³-hybridized carbons (Fsp3) is 0.417. The first-order chi connectivity index (χ1) is 13.9. The third-order valence-corrected chi connectivity index (χ3v) is 6.50. The summed E-state index contributed by atoms with van der Waals surface area (Å²) in [6.07, 6.45) is 5.48. The summed E-state index contributed by atoms with van der Waals surface area (Å²) in [7, 11) is 0. The summed E-state index contributed by atoms with van der Waals surface area (Å²) in [5.74, 6) is 0.218. The van der Waals surface area contributed by atoms with E-state index in [1.54, 1.807) is 0 Å². The Hall–Kier alpha value is -2.27. The monoisotopic (exact) mass is 410 g/mol. The van der Waals surface area contributed by atoms with Gasteiger partial charge in [0.15, 0.2) is 0 Å². The number of amides is 2. The van der Waals surface area contributed by atoms with Crippen molar-refractivity contribution in [3.63, 3.8) is 0 Å². The molecule has 1 aliphatic rings. The van der Waals surface area contributed by atoms with Crippen molar-refractivity contribution >= 4 is 35.0 Å². The van der Waals surface area contributed by atoms with E-state index in [-0.39, 0.29) is 23.0 Å². The SMILES string of the molecule is Cc1ccc(C)c(NC(=O)C(C)Sc2cccc(NC(=O)C3CCCCC3)c2)c1. The summed E-state index contributed by atoms with van der Waals surface area (Å²) >= 11 is 1.49. The van der Waals surface area contributed by atoms with Gasteiger partial charge in [0.25, 0.3) is 0 Å². The number of benzene rings is 2. The minimum Gasteiger partial charge on any atom is -0.326 e. The van der Waals surface area contributed by atoms with Gasteiger partial charge in [-0.15, -0.1) is 11.8 Å². The van der Waals surface area contributed by atoms with Crippen molar-refractivity contribution in [3.8, 4) is 0 Å². The molecule has 5 heteroatoms. The molecule has 1 atom stereocenters. The molecule has 4 nitrogen and oxygen atoms in total. The maximum atomic E-state index is 12.6. The Kier molecular flexibility index (Phi) is 7.37. The highest BCUT2D eigenvalue weighted by Gasteiger charge is 2.21. The lowest BCUT2D eigenvalue weighted by Gasteiger charge is -2.21. The molecule has 0 radical (unpaired) electrons. The van der Waals surface area contributed by atoms with E-state index in [0.29, 0.717) is 0 Å². The van der Waals surface area contributed by atoms with Gasteiger partial charge in [0.05, 0.1) is 5.25 Å². The number of thioether (sulfide) groups is 1. The van der Waals surface area contributed by atoms with Gasteiger partial charge in [0.1, 0.15) is 0 Å². The van der Waals surface area contributed by atoms with Crippen molar-refractivity contribution < 1.29 is 9.59 Å². The normalized spacial score (nSPS) is 15.6. The van der Waals surface area contributed by atoms with Gasteiger partial charge in [-0.3, -0.25) is 9.59 Å². The number of anilines is 2. The van der Waals surface area contributed by atoms with Crippen LogP contribution >= 0.6 is 11.8 Å². The minimum atomic E-state index is -0.251. The Balaban J connectivity index is 1.59. The molecule has 1 saturated carbocycles. The van der Waals surface area contributed by atoms with Gasteiger partial charge in [-0.1, -0.05) is 37.5 Å². The molecule has 2 amide bonds. The molecule has 0 heterocycles. The largest absolute Gasteiger partial charge is 0.326 e. The first kappa shape index (κ1) is 21.4. The highest BCUT2D eigenvalue weighted by Crippen LogP contribution is 2.29. The summed E-state index contributed by atoms with van der Waals surface area (Å²) in [5, 5.41) is 5.84. The Labute approximate surface area is 177 Å². The molecule has 0 saturated heterocycles. The Morgan fingerprint density at radius 2 is 1.76 bits per heavy atom. The van der Waals surface area contributed by atoms with Gasteiger partial charge in [-0.2, -0.15) is 0 Å². The summed E-state index contributed by atoms with van der Waals surface area (Å²) in [6.45, 7) is 5.91. The average molecular weight is 411 g/mol. The van der Waals surface area contributed by atoms with Crippen LogP contribution in [0.25, 0.3) is 0 Å². The van der Waals surface area contributed by atoms with Gasteiger partial charge in [-0.25, -0.2) is 0 Å². The second-order valence-corrected chi connectivity index (χ2v) is 9.33. The molecular formula is C24H30N2O2S. The summed E-state index contributed by atoms with van der Waals surface area (Å²) in [5.41, 5.74) is 3.82. The van der Waals surface area contributed by atoms with E-state index in [2.05, 4.69) is 10.6 Å². The Morgan fingerprint density at radius 3 is 2.52 bits per heavy atom. The smallest absolute Gasteiger partial charge is 0.237 e. The molecule has 154 valence electrons. The molecule has 1 fully saturated rings. The Morgan fingerprint density at radius 1 is 1.00 bits per heavy atom. The van der Waals surface area contributed by atoms with E-state index >= 15 is 0 Å². The van der Waals surface area contributed by atoms with Crippen LogP contribution in [0.2, 0.25) is 0 Å². The molecule has 29 heavy (non-hydrogen) atoms. The molecule has 1 aliphatic carbocycles. The molecule has 0 aliphatic heterocycles. The minimum absolute atomic E-state index is 0.0275. The van der Waals surface area contributed by atoms with Crippen LogP contribution in [0.1, 0.15) is 50.2 Å². The molecule has 2 N–H and O–H groups in total. The number of carbonyl (C=O) groups excluding carboxylic acids is 2. The van der Waals surface area contributed by atoms with Crippen molar-refractivity contribution in [2.24, 2.45) is 5.92 Å². The van der Waals surface area contributed by atoms with Crippen LogP contribution in [0.15, 0.2) is 47.4 Å². The average Bonchev–Trinajstić information content (AvgIpc) is 2.71. The molecular weight excluding hydrogens is 380 g/mol. The van der Waals surface area contributed by atoms with Crippen LogP contribution in [0.4, 0.5) is 11.4 Å². The fourth-order valence-corrected chi connectivity index (χ4v) is 4.55. The quantitative estimate of drug-likeness (QED) is 0.579. The van der Waals surface area contributed by atoms with Gasteiger partial charge in [0, 0.05) is 22.2 Å². The molecule has 2 aromatic carbocycles. The zero-order valence-electron chi connectivity index (χ0n) is 17.5. The molecule has 1 unspecified atom stereocenters. The van der Waals surface area contributed by atoms with Crippen LogP contribution in [-0.2, 0) is 9.59 Å². The predicted octanol–water partition coefficient (Wildman–Crippen LogP) is 5.94. The van der Waals surface area contributed by atoms with Crippen LogP contribution in [0.5, 0.6) is 0 Å². The molecule has 2 aromatic rings. The lowest BCUT2D eigenvalue weighted by Crippen LogP contribution is -2.24. The van der Waals surface area contributed by atoms with Crippen LogP contribution in [0.3, 0.4) is 0 Å². The third-order valence-electron chi connectivity index (χ3n) is 5.41. The maximum Gasteiger partial charge on any atom is 0.237 e. The number of hydrogen-bond donors (Lipinski definition) is 2. The van der Waals surface area contributed by atoms with E-state index in [9.17, 15) is 9.59 Å². The maximum absolute atomic E-state index is 12.6. The van der Waals surface area contributed by atoms with Crippen LogP contribution in [-0.4, -0.2) is 17.1 Å². The lowest BCUT2D eigenvalue weighted by molar-refractivity contribution is -0.120. The van der Waals surface area contributed by atoms with Gasteiger partial charge in [-0.05, 0) is 69.0 Å². The third kappa shape index (κ3) is 6.10. The summed E-state index contributed by atoms with van der Waals surface area (Å²) in [6, 6.07) is 13.8. The lowest BCUT2D eigenvalue weighted by atomic mass is 9.88. The molecule has 0 spiro atoms. The van der Waals surface area contributed by atoms with E-state index in [0.717, 1.165) is 53.1 Å². The van der Waals surface area contributed by atoms with E-state index in [1.165, 1.54) is 18.2 Å². The number of carbonyl (C=O) groups is 2. The molecule has 0 aromatic heterocycles. The van der Waals surface area contributed by atoms with E-state index in [4.69, 9.17) is 0 Å². The van der Waals surface area contributed by atoms with Gasteiger partial charge in [0.2, 0.25) is 11.8 Å². The number of aryl methyl sites for hydroxylation is 2. The van der Waals surface area contributed by atoms with Crippen molar-refractivity contribution in [2.45, 2.75) is 63.0 Å². The predicted molar refractivity (Wildman–Crippen MR) is 122 cm³/mol. The first-order valence-electron chi connectivity index (χ1n) is 10.4. The van der Waals surface area contributed by atoms with Gasteiger partial charge >= 0.3 is 0 Å². The van der Waals surface area contributed by atoms with Crippen LogP contribution < -0.4 is 10.6 Å². The first-order valence-corrected chi connectivity index (χ1v) is 11.3. The van der Waals surface area contributed by atoms with E-state index in [1.807, 2.05) is 63.2 Å². The topological polar surface area (TPSA) is 58.2 Å². The standard InChI is InChI=1S/C24H30N2O2S/c1-16-12-13-17(2)22(14-16)26-23(27)18(3)29-21-11-7-10-20(15-21)25-24(28)19-8-5-4-6-9-19/h7,10-15,18-19H,4-6,8-9H2,1-3H3,(H,25,28)(H,26,27). The second kappa shape index (κ2) is 9.97. The highest BCUT2D eigenvalue weighted by molar-refractivity contribution is 8.00. The zero-order valence-corrected chi connectivity index (χ0v) is 18.3. The highest BCUT2D eigenvalue weighted by atomic mass is 32.2. The fourth-order valence-electron chi connectivity index (χ4n) is 3.62. The molecule has 3 rings (SSSR count). The van der Waals surface area contributed by atoms with E-state index < -0.39 is 0 Å². The second-order valence-electron chi connectivity index (χ2n) is 7.92. The van der Waals surface area contributed by atoms with Gasteiger partial charge < -0.3 is 10.6 Å². The molecule has 0 bridgehead atoms. The Bertz CT molecular complexity index is 875.